The Labute approximate surface area is 174 Å². The Morgan fingerprint density at radius 3 is 2.16 bits per heavy atom. The number of aliphatic imine (C=N–C) groups is 1. The molecule has 0 N–H and O–H groups in total. The van der Waals surface area contributed by atoms with E-state index in [2.05, 4.69) is 4.99 Å². The zero-order valence-corrected chi connectivity index (χ0v) is 16.0. The molecule has 0 aliphatic carbocycles. The van der Waals surface area contributed by atoms with Crippen molar-refractivity contribution < 1.29 is 31.4 Å². The molecular formula is C23H16F5NO2. The van der Waals surface area contributed by atoms with Crippen LogP contribution in [0.25, 0.3) is 0 Å². The van der Waals surface area contributed by atoms with Crippen molar-refractivity contribution in [1.29, 1.82) is 0 Å². The van der Waals surface area contributed by atoms with Crippen LogP contribution in [-0.4, -0.2) is 12.5 Å². The van der Waals surface area contributed by atoms with Crippen LogP contribution in [0.1, 0.15) is 28.3 Å². The van der Waals surface area contributed by atoms with E-state index >= 15 is 0 Å². The molecule has 1 atom stereocenters. The van der Waals surface area contributed by atoms with E-state index in [9.17, 15) is 22.0 Å². The van der Waals surface area contributed by atoms with Gasteiger partial charge in [-0.15, -0.1) is 0 Å². The largest absolute Gasteiger partial charge is 0.489 e. The van der Waals surface area contributed by atoms with E-state index in [1.165, 1.54) is 18.2 Å². The van der Waals surface area contributed by atoms with Gasteiger partial charge in [-0.25, -0.2) is 13.8 Å². The van der Waals surface area contributed by atoms with Gasteiger partial charge in [-0.05, 0) is 47.5 Å². The molecule has 0 aromatic heterocycles. The van der Waals surface area contributed by atoms with E-state index in [-0.39, 0.29) is 24.7 Å². The molecule has 0 saturated carbocycles. The van der Waals surface area contributed by atoms with E-state index in [4.69, 9.17) is 9.47 Å². The second-order valence-electron chi connectivity index (χ2n) is 6.91. The van der Waals surface area contributed by atoms with Crippen LogP contribution in [0.15, 0.2) is 71.7 Å². The van der Waals surface area contributed by atoms with Gasteiger partial charge in [-0.3, -0.25) is 0 Å². The second-order valence-corrected chi connectivity index (χ2v) is 6.91. The lowest BCUT2D eigenvalue weighted by Crippen LogP contribution is -2.07. The first-order valence-corrected chi connectivity index (χ1v) is 9.35. The number of hydrogen-bond acceptors (Lipinski definition) is 3. The van der Waals surface area contributed by atoms with Gasteiger partial charge in [0.2, 0.25) is 5.90 Å². The normalized spacial score (nSPS) is 16.0. The Morgan fingerprint density at radius 1 is 0.903 bits per heavy atom. The van der Waals surface area contributed by atoms with Crippen LogP contribution in [-0.2, 0) is 17.5 Å². The van der Waals surface area contributed by atoms with Gasteiger partial charge in [0.25, 0.3) is 0 Å². The van der Waals surface area contributed by atoms with Crippen LogP contribution in [0.5, 0.6) is 5.75 Å². The summed E-state index contributed by atoms with van der Waals surface area (Å²) in [5, 5.41) is 0. The third-order valence-corrected chi connectivity index (χ3v) is 4.78. The van der Waals surface area contributed by atoms with E-state index in [1.807, 2.05) is 0 Å². The summed E-state index contributed by atoms with van der Waals surface area (Å²) in [5.41, 5.74) is 0.571. The molecule has 0 amide bonds. The molecular weight excluding hydrogens is 417 g/mol. The predicted octanol–water partition coefficient (Wildman–Crippen LogP) is 6.08. The first-order valence-electron chi connectivity index (χ1n) is 9.35. The molecule has 1 unspecified atom stereocenters. The van der Waals surface area contributed by atoms with Gasteiger partial charge in [0, 0.05) is 0 Å². The minimum absolute atomic E-state index is 0.0738. The third-order valence-electron chi connectivity index (χ3n) is 4.78. The second kappa shape index (κ2) is 8.37. The quantitative estimate of drug-likeness (QED) is 0.457. The number of alkyl halides is 3. The van der Waals surface area contributed by atoms with Crippen molar-refractivity contribution in [3.63, 3.8) is 0 Å². The summed E-state index contributed by atoms with van der Waals surface area (Å²) < 4.78 is 76.6. The summed E-state index contributed by atoms with van der Waals surface area (Å²) in [5.74, 6) is -1.23. The Bertz CT molecular complexity index is 1070. The average molecular weight is 433 g/mol. The van der Waals surface area contributed by atoms with Gasteiger partial charge in [0.05, 0.1) is 5.56 Å². The summed E-state index contributed by atoms with van der Waals surface area (Å²) in [4.78, 5) is 4.29. The van der Waals surface area contributed by atoms with Gasteiger partial charge in [0.15, 0.2) is 0 Å². The van der Waals surface area contributed by atoms with Crippen LogP contribution < -0.4 is 4.74 Å². The standard InChI is InChI=1S/C23H16F5NO2/c24-18-2-1-3-19(25)21(18)22-29-20(13-31-22)15-6-4-14(5-7-15)12-30-17-10-8-16(9-11-17)23(26,27)28/h1-11,20H,12-13H2. The predicted molar refractivity (Wildman–Crippen MR) is 104 cm³/mol. The number of hydrogen-bond donors (Lipinski definition) is 0. The molecule has 3 nitrogen and oxygen atoms in total. The summed E-state index contributed by atoms with van der Waals surface area (Å²) >= 11 is 0. The van der Waals surface area contributed by atoms with E-state index in [0.29, 0.717) is 5.75 Å². The lowest BCUT2D eigenvalue weighted by Gasteiger charge is -2.10. The van der Waals surface area contributed by atoms with E-state index < -0.39 is 29.4 Å². The molecule has 0 spiro atoms. The number of rotatable bonds is 5. The van der Waals surface area contributed by atoms with Crippen LogP contribution in [0.4, 0.5) is 22.0 Å². The average Bonchev–Trinajstić information content (AvgIpc) is 3.22. The molecule has 1 aliphatic heterocycles. The molecule has 31 heavy (non-hydrogen) atoms. The molecule has 8 heteroatoms. The number of halogens is 5. The highest BCUT2D eigenvalue weighted by Crippen LogP contribution is 2.31. The van der Waals surface area contributed by atoms with Crippen LogP contribution in [0.3, 0.4) is 0 Å². The van der Waals surface area contributed by atoms with Crippen molar-refractivity contribution in [1.82, 2.24) is 0 Å². The Morgan fingerprint density at radius 2 is 1.55 bits per heavy atom. The van der Waals surface area contributed by atoms with Crippen molar-refractivity contribution >= 4 is 5.90 Å². The van der Waals surface area contributed by atoms with Crippen LogP contribution >= 0.6 is 0 Å². The monoisotopic (exact) mass is 433 g/mol. The van der Waals surface area contributed by atoms with Crippen LogP contribution in [0, 0.1) is 11.6 Å². The maximum absolute atomic E-state index is 13.9. The molecule has 1 aliphatic rings. The highest BCUT2D eigenvalue weighted by molar-refractivity contribution is 5.95. The smallest absolute Gasteiger partial charge is 0.416 e. The van der Waals surface area contributed by atoms with Crippen molar-refractivity contribution in [2.24, 2.45) is 4.99 Å². The molecule has 4 rings (SSSR count). The molecule has 3 aromatic rings. The minimum Gasteiger partial charge on any atom is -0.489 e. The lowest BCUT2D eigenvalue weighted by molar-refractivity contribution is -0.137. The summed E-state index contributed by atoms with van der Waals surface area (Å²) in [7, 11) is 0. The first kappa shape index (κ1) is 20.8. The highest BCUT2D eigenvalue weighted by Gasteiger charge is 2.30. The van der Waals surface area contributed by atoms with Gasteiger partial charge in [0.1, 0.15) is 42.2 Å². The molecule has 3 aromatic carbocycles. The molecule has 0 radical (unpaired) electrons. The van der Waals surface area contributed by atoms with Gasteiger partial charge in [-0.2, -0.15) is 13.2 Å². The number of ether oxygens (including phenoxy) is 2. The van der Waals surface area contributed by atoms with Gasteiger partial charge in [-0.1, -0.05) is 30.3 Å². The topological polar surface area (TPSA) is 30.8 Å². The van der Waals surface area contributed by atoms with Crippen LogP contribution in [0.2, 0.25) is 0 Å². The molecule has 160 valence electrons. The van der Waals surface area contributed by atoms with E-state index in [1.54, 1.807) is 24.3 Å². The fraction of sp³-hybridized carbons (Fsp3) is 0.174. The molecule has 1 heterocycles. The Hall–Kier alpha value is -3.42. The van der Waals surface area contributed by atoms with Gasteiger partial charge >= 0.3 is 6.18 Å². The maximum Gasteiger partial charge on any atom is 0.416 e. The van der Waals surface area contributed by atoms with Crippen molar-refractivity contribution in [3.05, 3.63) is 101 Å². The Balaban J connectivity index is 1.40. The molecule has 0 bridgehead atoms. The molecule has 0 fully saturated rings. The molecule has 0 saturated heterocycles. The maximum atomic E-state index is 13.9. The minimum atomic E-state index is -4.39. The van der Waals surface area contributed by atoms with Crippen molar-refractivity contribution in [2.45, 2.75) is 18.8 Å². The fourth-order valence-corrected chi connectivity index (χ4v) is 3.13. The number of benzene rings is 3. The first-order chi connectivity index (χ1) is 14.8. The van der Waals surface area contributed by atoms with Crippen molar-refractivity contribution in [3.8, 4) is 5.75 Å². The third kappa shape index (κ3) is 4.68. The lowest BCUT2D eigenvalue weighted by atomic mass is 10.1. The highest BCUT2D eigenvalue weighted by atomic mass is 19.4. The number of nitrogens with zero attached hydrogens (tertiary/aromatic N) is 1. The fourth-order valence-electron chi connectivity index (χ4n) is 3.13. The summed E-state index contributed by atoms with van der Waals surface area (Å²) in [6.45, 7) is 0.326. The van der Waals surface area contributed by atoms with E-state index in [0.717, 1.165) is 35.4 Å². The van der Waals surface area contributed by atoms with Gasteiger partial charge < -0.3 is 9.47 Å². The SMILES string of the molecule is Fc1cccc(F)c1C1=NC(c2ccc(COc3ccc(C(F)(F)F)cc3)cc2)CO1. The summed E-state index contributed by atoms with van der Waals surface area (Å²) in [6, 6.07) is 14.8. The summed E-state index contributed by atoms with van der Waals surface area (Å²) in [6.07, 6.45) is -4.39. The Kier molecular flexibility index (Phi) is 5.63. The zero-order chi connectivity index (χ0) is 22.0. The zero-order valence-electron chi connectivity index (χ0n) is 16.0. The van der Waals surface area contributed by atoms with Crippen molar-refractivity contribution in [2.75, 3.05) is 6.61 Å².